The number of hydrogen-bond acceptors (Lipinski definition) is 4. The third kappa shape index (κ3) is 3.81. The molecule has 2 rings (SSSR count). The van der Waals surface area contributed by atoms with E-state index in [9.17, 15) is 4.79 Å². The van der Waals surface area contributed by atoms with Crippen LogP contribution < -0.4 is 5.73 Å². The number of nitrogens with two attached hydrogens (primary N) is 1. The number of piperidine rings is 1. The van der Waals surface area contributed by atoms with Gasteiger partial charge in [-0.15, -0.1) is 0 Å². The standard InChI is InChI=1S/C16H24N2O3/c1-20-10-9-18-15(19)8-7-14(17)16(18)13-5-3-12(4-6-13)11-21-2/h3-6,14,16H,7-11,17H2,1-2H3. The molecule has 2 atom stereocenters. The number of likely N-dealkylation sites (tertiary alicyclic amines) is 1. The van der Waals surface area contributed by atoms with Gasteiger partial charge in [-0.3, -0.25) is 4.79 Å². The van der Waals surface area contributed by atoms with E-state index in [1.807, 2.05) is 29.2 Å². The lowest BCUT2D eigenvalue weighted by Crippen LogP contribution is -2.49. The third-order valence-electron chi connectivity index (χ3n) is 3.92. The first-order valence-electron chi connectivity index (χ1n) is 7.29. The third-order valence-corrected chi connectivity index (χ3v) is 3.92. The van der Waals surface area contributed by atoms with Gasteiger partial charge < -0.3 is 20.1 Å². The number of amides is 1. The van der Waals surface area contributed by atoms with Gasteiger partial charge in [0.15, 0.2) is 0 Å². The zero-order valence-electron chi connectivity index (χ0n) is 12.7. The van der Waals surface area contributed by atoms with Crippen LogP contribution in [0.5, 0.6) is 0 Å². The summed E-state index contributed by atoms with van der Waals surface area (Å²) in [7, 11) is 3.32. The highest BCUT2D eigenvalue weighted by molar-refractivity contribution is 5.78. The number of benzene rings is 1. The van der Waals surface area contributed by atoms with Crippen molar-refractivity contribution in [1.82, 2.24) is 4.90 Å². The summed E-state index contributed by atoms with van der Waals surface area (Å²) < 4.78 is 10.2. The van der Waals surface area contributed by atoms with Crippen LogP contribution in [-0.4, -0.2) is 44.2 Å². The predicted octanol–water partition coefficient (Wildman–Crippen LogP) is 1.47. The van der Waals surface area contributed by atoms with Crippen LogP contribution in [0.25, 0.3) is 0 Å². The lowest BCUT2D eigenvalue weighted by molar-refractivity contribution is -0.138. The normalized spacial score (nSPS) is 22.6. The molecule has 116 valence electrons. The Bertz CT molecular complexity index is 461. The molecule has 0 aliphatic carbocycles. The quantitative estimate of drug-likeness (QED) is 0.862. The first kappa shape index (κ1) is 15.9. The molecule has 1 aromatic carbocycles. The molecule has 0 bridgehead atoms. The average Bonchev–Trinajstić information content (AvgIpc) is 2.49. The lowest BCUT2D eigenvalue weighted by Gasteiger charge is -2.40. The molecule has 0 aromatic heterocycles. The van der Waals surface area contributed by atoms with Crippen molar-refractivity contribution in [3.05, 3.63) is 35.4 Å². The van der Waals surface area contributed by atoms with Gasteiger partial charge in [0.05, 0.1) is 19.3 Å². The van der Waals surface area contributed by atoms with Crippen molar-refractivity contribution in [2.24, 2.45) is 5.73 Å². The maximum absolute atomic E-state index is 12.2. The van der Waals surface area contributed by atoms with Gasteiger partial charge in [-0.25, -0.2) is 0 Å². The largest absolute Gasteiger partial charge is 0.383 e. The summed E-state index contributed by atoms with van der Waals surface area (Å²) in [6.45, 7) is 1.69. The Morgan fingerprint density at radius 2 is 1.95 bits per heavy atom. The number of methoxy groups -OCH3 is 2. The monoisotopic (exact) mass is 292 g/mol. The fraction of sp³-hybridized carbons (Fsp3) is 0.562. The maximum atomic E-state index is 12.2. The second-order valence-electron chi connectivity index (χ2n) is 5.40. The van der Waals surface area contributed by atoms with Gasteiger partial charge in [0.2, 0.25) is 5.91 Å². The minimum atomic E-state index is -0.0713. The summed E-state index contributed by atoms with van der Waals surface area (Å²) in [6.07, 6.45) is 1.25. The fourth-order valence-corrected chi connectivity index (χ4v) is 2.84. The van der Waals surface area contributed by atoms with Crippen LogP contribution in [-0.2, 0) is 20.9 Å². The van der Waals surface area contributed by atoms with Gasteiger partial charge in [0.1, 0.15) is 0 Å². The molecule has 1 saturated heterocycles. The molecular formula is C16H24N2O3. The Balaban J connectivity index is 2.20. The van der Waals surface area contributed by atoms with Crippen LogP contribution in [0, 0.1) is 0 Å². The average molecular weight is 292 g/mol. The molecule has 5 nitrogen and oxygen atoms in total. The van der Waals surface area contributed by atoms with Crippen LogP contribution in [0.1, 0.15) is 30.0 Å². The van der Waals surface area contributed by atoms with Gasteiger partial charge in [-0.2, -0.15) is 0 Å². The zero-order valence-corrected chi connectivity index (χ0v) is 12.7. The molecule has 1 heterocycles. The minimum absolute atomic E-state index is 0.0344. The van der Waals surface area contributed by atoms with Gasteiger partial charge in [-0.05, 0) is 17.5 Å². The van der Waals surface area contributed by atoms with E-state index in [1.165, 1.54) is 0 Å². The van der Waals surface area contributed by atoms with Crippen LogP contribution in [0.3, 0.4) is 0 Å². The molecule has 2 N–H and O–H groups in total. The Hall–Kier alpha value is -1.43. The molecule has 1 amide bonds. The van der Waals surface area contributed by atoms with Gasteiger partial charge >= 0.3 is 0 Å². The Kier molecular flexibility index (Phi) is 5.73. The summed E-state index contributed by atoms with van der Waals surface area (Å²) in [4.78, 5) is 14.0. The van der Waals surface area contributed by atoms with E-state index >= 15 is 0 Å². The summed E-state index contributed by atoms with van der Waals surface area (Å²) in [5.74, 6) is 0.153. The first-order chi connectivity index (χ1) is 10.2. The summed E-state index contributed by atoms with van der Waals surface area (Å²) in [5.41, 5.74) is 8.46. The molecule has 1 fully saturated rings. The second kappa shape index (κ2) is 7.54. The molecule has 1 aromatic rings. The van der Waals surface area contributed by atoms with Crippen molar-refractivity contribution in [2.45, 2.75) is 31.5 Å². The van der Waals surface area contributed by atoms with E-state index in [0.29, 0.717) is 26.2 Å². The SMILES string of the molecule is COCCN1C(=O)CCC(N)C1c1ccc(COC)cc1. The van der Waals surface area contributed by atoms with Crippen LogP contribution in [0.4, 0.5) is 0 Å². The zero-order chi connectivity index (χ0) is 15.2. The maximum Gasteiger partial charge on any atom is 0.223 e. The molecule has 1 aliphatic heterocycles. The van der Waals surface area contributed by atoms with Crippen molar-refractivity contribution < 1.29 is 14.3 Å². The van der Waals surface area contributed by atoms with Crippen LogP contribution >= 0.6 is 0 Å². The number of carbonyl (C=O) groups excluding carboxylic acids is 1. The van der Waals surface area contributed by atoms with E-state index in [2.05, 4.69) is 0 Å². The topological polar surface area (TPSA) is 64.8 Å². The molecule has 0 saturated carbocycles. The van der Waals surface area contributed by atoms with E-state index in [1.54, 1.807) is 14.2 Å². The smallest absolute Gasteiger partial charge is 0.223 e. The van der Waals surface area contributed by atoms with Gasteiger partial charge in [0, 0.05) is 33.2 Å². The van der Waals surface area contributed by atoms with Crippen LogP contribution in [0.2, 0.25) is 0 Å². The van der Waals surface area contributed by atoms with Gasteiger partial charge in [-0.1, -0.05) is 24.3 Å². The molecule has 5 heteroatoms. The van der Waals surface area contributed by atoms with Gasteiger partial charge in [0.25, 0.3) is 0 Å². The number of nitrogens with zero attached hydrogens (tertiary/aromatic N) is 1. The highest BCUT2D eigenvalue weighted by atomic mass is 16.5. The number of ether oxygens (including phenoxy) is 2. The summed E-state index contributed by atoms with van der Waals surface area (Å²) in [6, 6.07) is 8.03. The van der Waals surface area contributed by atoms with E-state index < -0.39 is 0 Å². The van der Waals surface area contributed by atoms with Crippen molar-refractivity contribution in [3.63, 3.8) is 0 Å². The number of carbonyl (C=O) groups is 1. The van der Waals surface area contributed by atoms with E-state index in [0.717, 1.165) is 17.5 Å². The highest BCUT2D eigenvalue weighted by Gasteiger charge is 2.34. The summed E-state index contributed by atoms with van der Waals surface area (Å²) in [5, 5.41) is 0. The molecule has 0 spiro atoms. The molecule has 0 radical (unpaired) electrons. The lowest BCUT2D eigenvalue weighted by atomic mass is 9.90. The van der Waals surface area contributed by atoms with E-state index in [-0.39, 0.29) is 18.0 Å². The molecule has 1 aliphatic rings. The first-order valence-corrected chi connectivity index (χ1v) is 7.29. The van der Waals surface area contributed by atoms with Crippen molar-refractivity contribution in [2.75, 3.05) is 27.4 Å². The number of hydrogen-bond donors (Lipinski definition) is 1. The molecule has 21 heavy (non-hydrogen) atoms. The Morgan fingerprint density at radius 3 is 2.57 bits per heavy atom. The van der Waals surface area contributed by atoms with Crippen molar-refractivity contribution in [3.8, 4) is 0 Å². The van der Waals surface area contributed by atoms with Crippen LogP contribution in [0.15, 0.2) is 24.3 Å². The molecule has 2 unspecified atom stereocenters. The Labute approximate surface area is 126 Å². The Morgan fingerprint density at radius 1 is 1.24 bits per heavy atom. The summed E-state index contributed by atoms with van der Waals surface area (Å²) >= 11 is 0. The minimum Gasteiger partial charge on any atom is -0.383 e. The van der Waals surface area contributed by atoms with Crippen molar-refractivity contribution in [1.29, 1.82) is 0 Å². The van der Waals surface area contributed by atoms with Crippen molar-refractivity contribution >= 4 is 5.91 Å². The highest BCUT2D eigenvalue weighted by Crippen LogP contribution is 2.30. The molecular weight excluding hydrogens is 268 g/mol. The second-order valence-corrected chi connectivity index (χ2v) is 5.40. The predicted molar refractivity (Wildman–Crippen MR) is 80.7 cm³/mol. The van der Waals surface area contributed by atoms with E-state index in [4.69, 9.17) is 15.2 Å². The number of rotatable bonds is 6. The fourth-order valence-electron chi connectivity index (χ4n) is 2.84.